The highest BCUT2D eigenvalue weighted by Crippen LogP contribution is 2.50. The fourth-order valence-corrected chi connectivity index (χ4v) is 5.58. The molecule has 2 N–H and O–H groups in total. The van der Waals surface area contributed by atoms with Crippen LogP contribution in [0.25, 0.3) is 0 Å². The molecule has 180 valence electrons. The molecule has 7 nitrogen and oxygen atoms in total. The zero-order valence-corrected chi connectivity index (χ0v) is 19.5. The molecule has 0 saturated heterocycles. The van der Waals surface area contributed by atoms with Crippen molar-refractivity contribution in [3.63, 3.8) is 0 Å². The third-order valence-corrected chi connectivity index (χ3v) is 7.71. The quantitative estimate of drug-likeness (QED) is 0.635. The molecule has 1 heterocycles. The van der Waals surface area contributed by atoms with Gasteiger partial charge in [0.15, 0.2) is 18.1 Å². The van der Waals surface area contributed by atoms with E-state index in [4.69, 9.17) is 25.8 Å². The van der Waals surface area contributed by atoms with Gasteiger partial charge in [-0.2, -0.15) is 0 Å². The van der Waals surface area contributed by atoms with Gasteiger partial charge in [0.05, 0.1) is 5.02 Å². The van der Waals surface area contributed by atoms with Gasteiger partial charge in [-0.1, -0.05) is 18.5 Å². The van der Waals surface area contributed by atoms with E-state index in [0.717, 1.165) is 38.2 Å². The van der Waals surface area contributed by atoms with Gasteiger partial charge in [-0.3, -0.25) is 9.59 Å². The molecule has 4 aliphatic rings. The number of ether oxygens (including phenoxy) is 3. The maximum Gasteiger partial charge on any atom is 0.258 e. The molecule has 6 rings (SSSR count). The van der Waals surface area contributed by atoms with Crippen molar-refractivity contribution in [1.82, 2.24) is 10.6 Å². The summed E-state index contributed by atoms with van der Waals surface area (Å²) in [4.78, 5) is 25.6. The van der Waals surface area contributed by atoms with Crippen LogP contribution in [0.3, 0.4) is 0 Å². The zero-order chi connectivity index (χ0) is 23.9. The molecule has 1 aliphatic heterocycles. The summed E-state index contributed by atoms with van der Waals surface area (Å²) in [5, 5.41) is 6.44. The molecule has 0 spiro atoms. The topological polar surface area (TPSA) is 85.9 Å². The largest absolute Gasteiger partial charge is 0.484 e. The minimum absolute atomic E-state index is 0.00295. The molecular formula is C25H26ClFN2O5. The second kappa shape index (κ2) is 8.65. The Bertz CT molecular complexity index is 1130. The van der Waals surface area contributed by atoms with Crippen LogP contribution in [0.4, 0.5) is 4.39 Å². The molecule has 2 bridgehead atoms. The van der Waals surface area contributed by atoms with Crippen LogP contribution in [-0.2, 0) is 4.79 Å². The van der Waals surface area contributed by atoms with Crippen LogP contribution in [-0.4, -0.2) is 36.3 Å². The van der Waals surface area contributed by atoms with E-state index in [-0.39, 0.29) is 53.0 Å². The first-order valence-electron chi connectivity index (χ1n) is 11.4. The predicted octanol–water partition coefficient (Wildman–Crippen LogP) is 4.22. The minimum atomic E-state index is -0.592. The molecular weight excluding hydrogens is 463 g/mol. The number of carbonyl (C=O) groups excluding carboxylic acids is 2. The number of hydrogen-bond acceptors (Lipinski definition) is 5. The smallest absolute Gasteiger partial charge is 0.258 e. The van der Waals surface area contributed by atoms with Crippen LogP contribution in [0.1, 0.15) is 49.4 Å². The number of carbonyl (C=O) groups is 2. The number of benzene rings is 2. The van der Waals surface area contributed by atoms with Crippen LogP contribution in [0.2, 0.25) is 5.02 Å². The van der Waals surface area contributed by atoms with E-state index in [2.05, 4.69) is 17.6 Å². The highest BCUT2D eigenvalue weighted by Gasteiger charge is 2.54. The van der Waals surface area contributed by atoms with Gasteiger partial charge in [0.25, 0.3) is 11.8 Å². The molecule has 2 aromatic carbocycles. The first-order chi connectivity index (χ1) is 16.3. The fraction of sp³-hybridized carbons (Fsp3) is 0.440. The molecule has 0 radical (unpaired) electrons. The number of fused-ring (bicyclic) bond motifs is 4. The SMILES string of the molecule is CC1CC2(NC(=O)COc3ccc(Cl)c(F)c3)CCC1(NC(=O)c1ccc3c(c1)OCO3)CC2. The Kier molecular flexibility index (Phi) is 5.80. The van der Waals surface area contributed by atoms with Crippen LogP contribution < -0.4 is 24.8 Å². The highest BCUT2D eigenvalue weighted by atomic mass is 35.5. The van der Waals surface area contributed by atoms with Crippen molar-refractivity contribution < 1.29 is 28.2 Å². The van der Waals surface area contributed by atoms with Crippen molar-refractivity contribution >= 4 is 23.4 Å². The van der Waals surface area contributed by atoms with Gasteiger partial charge in [0.2, 0.25) is 6.79 Å². The average molecular weight is 489 g/mol. The van der Waals surface area contributed by atoms with E-state index in [1.807, 2.05) is 0 Å². The van der Waals surface area contributed by atoms with Crippen molar-refractivity contribution in [2.45, 2.75) is 50.1 Å². The molecule has 2 aromatic rings. The van der Waals surface area contributed by atoms with Crippen molar-refractivity contribution in [1.29, 1.82) is 0 Å². The van der Waals surface area contributed by atoms with Gasteiger partial charge in [0.1, 0.15) is 11.6 Å². The molecule has 3 saturated carbocycles. The van der Waals surface area contributed by atoms with Crippen molar-refractivity contribution in [2.75, 3.05) is 13.4 Å². The Morgan fingerprint density at radius 3 is 2.59 bits per heavy atom. The average Bonchev–Trinajstić information content (AvgIpc) is 3.29. The Hall–Kier alpha value is -3.00. The lowest BCUT2D eigenvalue weighted by Gasteiger charge is -2.57. The molecule has 1 atom stereocenters. The van der Waals surface area contributed by atoms with Gasteiger partial charge in [-0.05, 0) is 68.4 Å². The minimum Gasteiger partial charge on any atom is -0.484 e. The maximum atomic E-state index is 13.6. The van der Waals surface area contributed by atoms with Crippen LogP contribution in [0.5, 0.6) is 17.2 Å². The predicted molar refractivity (Wildman–Crippen MR) is 123 cm³/mol. The standard InChI is InChI=1S/C25H26ClFN2O5/c1-15-12-24(28-22(30)13-32-17-3-4-18(26)19(27)11-17)6-8-25(15,9-7-24)29-23(31)16-2-5-20-21(10-16)34-14-33-20/h2-5,10-11,15H,6-9,12-14H2,1H3,(H,28,30)(H,29,31). The summed E-state index contributed by atoms with van der Waals surface area (Å²) in [5.41, 5.74) is -0.0922. The van der Waals surface area contributed by atoms with Crippen LogP contribution >= 0.6 is 11.6 Å². The monoisotopic (exact) mass is 488 g/mol. The normalized spacial score (nSPS) is 26.7. The molecule has 2 amide bonds. The Labute approximate surface area is 201 Å². The molecule has 0 aromatic heterocycles. The Morgan fingerprint density at radius 1 is 1.09 bits per heavy atom. The first-order valence-corrected chi connectivity index (χ1v) is 11.8. The Balaban J connectivity index is 1.18. The number of halogens is 2. The number of nitrogens with one attached hydrogen (secondary N) is 2. The summed E-state index contributed by atoms with van der Waals surface area (Å²) in [6.45, 7) is 2.08. The van der Waals surface area contributed by atoms with E-state index in [1.54, 1.807) is 18.2 Å². The summed E-state index contributed by atoms with van der Waals surface area (Å²) in [6, 6.07) is 9.28. The summed E-state index contributed by atoms with van der Waals surface area (Å²) in [6.07, 6.45) is 3.83. The number of amides is 2. The third kappa shape index (κ3) is 4.27. The fourth-order valence-electron chi connectivity index (χ4n) is 5.46. The summed E-state index contributed by atoms with van der Waals surface area (Å²) in [7, 11) is 0. The highest BCUT2D eigenvalue weighted by molar-refractivity contribution is 6.30. The molecule has 3 aliphatic carbocycles. The van der Waals surface area contributed by atoms with Crippen molar-refractivity contribution in [3.05, 3.63) is 52.8 Å². The number of hydrogen-bond donors (Lipinski definition) is 2. The van der Waals surface area contributed by atoms with Gasteiger partial charge in [0, 0.05) is 22.7 Å². The first kappa shape index (κ1) is 22.8. The van der Waals surface area contributed by atoms with Gasteiger partial charge in [-0.15, -0.1) is 0 Å². The zero-order valence-electron chi connectivity index (χ0n) is 18.8. The number of rotatable bonds is 6. The van der Waals surface area contributed by atoms with E-state index < -0.39 is 5.82 Å². The lowest BCUT2D eigenvalue weighted by atomic mass is 9.56. The third-order valence-electron chi connectivity index (χ3n) is 7.40. The van der Waals surface area contributed by atoms with Crippen molar-refractivity contribution in [2.24, 2.45) is 5.92 Å². The van der Waals surface area contributed by atoms with Crippen LogP contribution in [0.15, 0.2) is 36.4 Å². The molecule has 3 fully saturated rings. The van der Waals surface area contributed by atoms with E-state index in [9.17, 15) is 14.0 Å². The summed E-state index contributed by atoms with van der Waals surface area (Å²) >= 11 is 5.68. The summed E-state index contributed by atoms with van der Waals surface area (Å²) < 4.78 is 29.7. The lowest BCUT2D eigenvalue weighted by Crippen LogP contribution is -2.67. The van der Waals surface area contributed by atoms with E-state index in [0.29, 0.717) is 17.1 Å². The molecule has 1 unspecified atom stereocenters. The van der Waals surface area contributed by atoms with E-state index in [1.165, 1.54) is 12.1 Å². The maximum absolute atomic E-state index is 13.6. The van der Waals surface area contributed by atoms with Gasteiger partial charge >= 0.3 is 0 Å². The van der Waals surface area contributed by atoms with Crippen molar-refractivity contribution in [3.8, 4) is 17.2 Å². The Morgan fingerprint density at radius 2 is 1.85 bits per heavy atom. The summed E-state index contributed by atoms with van der Waals surface area (Å²) in [5.74, 6) is 0.680. The van der Waals surface area contributed by atoms with Gasteiger partial charge < -0.3 is 24.8 Å². The lowest BCUT2D eigenvalue weighted by molar-refractivity contribution is -0.127. The van der Waals surface area contributed by atoms with Gasteiger partial charge in [-0.25, -0.2) is 4.39 Å². The second-order valence-electron chi connectivity index (χ2n) is 9.48. The second-order valence-corrected chi connectivity index (χ2v) is 9.88. The molecule has 34 heavy (non-hydrogen) atoms. The molecule has 9 heteroatoms. The van der Waals surface area contributed by atoms with Crippen LogP contribution in [0, 0.1) is 11.7 Å². The van der Waals surface area contributed by atoms with E-state index >= 15 is 0 Å².